The van der Waals surface area contributed by atoms with E-state index in [0.717, 1.165) is 24.2 Å². The largest absolute Gasteiger partial charge is 0.490 e. The molecule has 2 amide bonds. The molecule has 6 nitrogen and oxygen atoms in total. The molecule has 0 aliphatic heterocycles. The van der Waals surface area contributed by atoms with Gasteiger partial charge in [-0.25, -0.2) is 0 Å². The van der Waals surface area contributed by atoms with Gasteiger partial charge in [-0.1, -0.05) is 32.0 Å². The van der Waals surface area contributed by atoms with Crippen molar-refractivity contribution in [3.8, 4) is 5.75 Å². The second-order valence-corrected chi connectivity index (χ2v) is 6.90. The molecule has 2 rings (SSSR count). The average Bonchev–Trinajstić information content (AvgIpc) is 3.11. The molecule has 0 unspecified atom stereocenters. The number of hydrogen-bond donors (Lipinski definition) is 3. The lowest BCUT2D eigenvalue weighted by molar-refractivity contribution is -0.127. The first-order valence-corrected chi connectivity index (χ1v) is 9.02. The van der Waals surface area contributed by atoms with Crippen LogP contribution in [0, 0.1) is 5.92 Å². The van der Waals surface area contributed by atoms with Crippen molar-refractivity contribution in [1.82, 2.24) is 10.6 Å². The van der Waals surface area contributed by atoms with E-state index in [0.29, 0.717) is 6.54 Å². The quantitative estimate of drug-likeness (QED) is 0.667. The van der Waals surface area contributed by atoms with Crippen LogP contribution in [0.4, 0.5) is 0 Å². The third-order valence-electron chi connectivity index (χ3n) is 4.49. The third kappa shape index (κ3) is 6.05. The van der Waals surface area contributed by atoms with Gasteiger partial charge in [0.1, 0.15) is 5.75 Å². The topological polar surface area (TPSA) is 93.5 Å². The molecule has 0 radical (unpaired) electrons. The first kappa shape index (κ1) is 19.2. The summed E-state index contributed by atoms with van der Waals surface area (Å²) < 4.78 is 6.06. The van der Waals surface area contributed by atoms with Gasteiger partial charge in [-0.2, -0.15) is 0 Å². The Kier molecular flexibility index (Phi) is 7.25. The first-order valence-electron chi connectivity index (χ1n) is 9.02. The molecular formula is C19H29N3O3. The van der Waals surface area contributed by atoms with Crippen molar-refractivity contribution >= 4 is 11.8 Å². The van der Waals surface area contributed by atoms with Gasteiger partial charge < -0.3 is 21.1 Å². The highest BCUT2D eigenvalue weighted by Gasteiger charge is 2.19. The van der Waals surface area contributed by atoms with Crippen molar-refractivity contribution in [2.24, 2.45) is 11.7 Å². The average molecular weight is 347 g/mol. The van der Waals surface area contributed by atoms with Crippen LogP contribution in [0.5, 0.6) is 5.75 Å². The van der Waals surface area contributed by atoms with Gasteiger partial charge in [0.25, 0.3) is 0 Å². The Balaban J connectivity index is 1.80. The lowest BCUT2D eigenvalue weighted by Gasteiger charge is -2.17. The van der Waals surface area contributed by atoms with Crippen LogP contribution in [-0.4, -0.2) is 30.5 Å². The van der Waals surface area contributed by atoms with Crippen molar-refractivity contribution in [2.75, 3.05) is 6.54 Å². The SMILES string of the molecule is CC(C)[C@H](N)C(=O)NCC(=O)NCc1ccccc1OC1CCCC1. The fourth-order valence-corrected chi connectivity index (χ4v) is 2.79. The molecule has 1 saturated carbocycles. The summed E-state index contributed by atoms with van der Waals surface area (Å²) in [7, 11) is 0. The van der Waals surface area contributed by atoms with Crippen LogP contribution in [0.2, 0.25) is 0 Å². The van der Waals surface area contributed by atoms with Gasteiger partial charge in [-0.15, -0.1) is 0 Å². The highest BCUT2D eigenvalue weighted by molar-refractivity contribution is 5.87. The zero-order valence-corrected chi connectivity index (χ0v) is 15.1. The van der Waals surface area contributed by atoms with E-state index in [-0.39, 0.29) is 30.4 Å². The number of para-hydroxylation sites is 1. The fourth-order valence-electron chi connectivity index (χ4n) is 2.79. The van der Waals surface area contributed by atoms with Crippen LogP contribution in [0.1, 0.15) is 45.1 Å². The Morgan fingerprint density at radius 1 is 1.20 bits per heavy atom. The molecule has 6 heteroatoms. The second-order valence-electron chi connectivity index (χ2n) is 6.90. The van der Waals surface area contributed by atoms with Crippen LogP contribution < -0.4 is 21.1 Å². The zero-order valence-electron chi connectivity index (χ0n) is 15.1. The summed E-state index contributed by atoms with van der Waals surface area (Å²) in [5.74, 6) is 0.290. The lowest BCUT2D eigenvalue weighted by atomic mass is 10.1. The number of carbonyl (C=O) groups is 2. The summed E-state index contributed by atoms with van der Waals surface area (Å²) >= 11 is 0. The van der Waals surface area contributed by atoms with Crippen molar-refractivity contribution in [1.29, 1.82) is 0 Å². The van der Waals surface area contributed by atoms with Crippen molar-refractivity contribution in [3.63, 3.8) is 0 Å². The van der Waals surface area contributed by atoms with Gasteiger partial charge in [0, 0.05) is 12.1 Å². The van der Waals surface area contributed by atoms with E-state index < -0.39 is 6.04 Å². The highest BCUT2D eigenvalue weighted by Crippen LogP contribution is 2.26. The van der Waals surface area contributed by atoms with Gasteiger partial charge in [0.2, 0.25) is 11.8 Å². The monoisotopic (exact) mass is 347 g/mol. The molecule has 0 saturated heterocycles. The smallest absolute Gasteiger partial charge is 0.239 e. The number of amides is 2. The molecule has 1 aliphatic carbocycles. The number of benzene rings is 1. The number of nitrogens with one attached hydrogen (secondary N) is 2. The Morgan fingerprint density at radius 2 is 1.88 bits per heavy atom. The minimum atomic E-state index is -0.603. The summed E-state index contributed by atoms with van der Waals surface area (Å²) in [6.07, 6.45) is 4.86. The molecule has 0 bridgehead atoms. The lowest BCUT2D eigenvalue weighted by Crippen LogP contribution is -2.47. The van der Waals surface area contributed by atoms with E-state index in [1.54, 1.807) is 0 Å². The molecule has 25 heavy (non-hydrogen) atoms. The molecular weight excluding hydrogens is 318 g/mol. The molecule has 1 fully saturated rings. The molecule has 0 heterocycles. The highest BCUT2D eigenvalue weighted by atomic mass is 16.5. The summed E-state index contributed by atoms with van der Waals surface area (Å²) in [5.41, 5.74) is 6.69. The van der Waals surface area contributed by atoms with Crippen LogP contribution in [0.3, 0.4) is 0 Å². The van der Waals surface area contributed by atoms with Crippen molar-refractivity contribution < 1.29 is 14.3 Å². The minimum Gasteiger partial charge on any atom is -0.490 e. The van der Waals surface area contributed by atoms with E-state index in [9.17, 15) is 9.59 Å². The number of rotatable bonds is 8. The predicted octanol–water partition coefficient (Wildman–Crippen LogP) is 1.72. The summed E-state index contributed by atoms with van der Waals surface area (Å²) in [6.45, 7) is 4.02. The van der Waals surface area contributed by atoms with Crippen LogP contribution >= 0.6 is 0 Å². The number of carbonyl (C=O) groups excluding carboxylic acids is 2. The van der Waals surface area contributed by atoms with Gasteiger partial charge in [0.15, 0.2) is 0 Å². The fraction of sp³-hybridized carbons (Fsp3) is 0.579. The second kappa shape index (κ2) is 9.42. The maximum atomic E-state index is 12.0. The zero-order chi connectivity index (χ0) is 18.2. The van der Waals surface area contributed by atoms with E-state index in [4.69, 9.17) is 10.5 Å². The van der Waals surface area contributed by atoms with Crippen LogP contribution in [0.15, 0.2) is 24.3 Å². The Labute approximate surface area is 149 Å². The number of ether oxygens (including phenoxy) is 1. The molecule has 1 atom stereocenters. The number of nitrogens with two attached hydrogens (primary N) is 1. The van der Waals surface area contributed by atoms with Gasteiger partial charge >= 0.3 is 0 Å². The maximum absolute atomic E-state index is 12.0. The van der Waals surface area contributed by atoms with Crippen molar-refractivity contribution in [2.45, 2.75) is 58.2 Å². The first-order chi connectivity index (χ1) is 12.0. The summed E-state index contributed by atoms with van der Waals surface area (Å²) in [4.78, 5) is 23.7. The number of hydrogen-bond acceptors (Lipinski definition) is 4. The van der Waals surface area contributed by atoms with E-state index in [1.807, 2.05) is 38.1 Å². The molecule has 0 aromatic heterocycles. The summed E-state index contributed by atoms with van der Waals surface area (Å²) in [6, 6.07) is 7.13. The van der Waals surface area contributed by atoms with Gasteiger partial charge in [0.05, 0.1) is 18.7 Å². The Morgan fingerprint density at radius 3 is 2.56 bits per heavy atom. The molecule has 138 valence electrons. The Bertz CT molecular complexity index is 583. The standard InChI is InChI=1S/C19H29N3O3/c1-13(2)18(20)19(24)22-12-17(23)21-11-14-7-3-6-10-16(14)25-15-8-4-5-9-15/h3,6-7,10,13,15,18H,4-5,8-9,11-12,20H2,1-2H3,(H,21,23)(H,22,24)/t18-/m0/s1. The van der Waals surface area contributed by atoms with E-state index in [2.05, 4.69) is 10.6 Å². The van der Waals surface area contributed by atoms with Crippen molar-refractivity contribution in [3.05, 3.63) is 29.8 Å². The minimum absolute atomic E-state index is 0.0303. The molecule has 1 aromatic carbocycles. The van der Waals surface area contributed by atoms with Crippen LogP contribution in [0.25, 0.3) is 0 Å². The van der Waals surface area contributed by atoms with Gasteiger partial charge in [-0.3, -0.25) is 9.59 Å². The molecule has 4 N–H and O–H groups in total. The van der Waals surface area contributed by atoms with E-state index in [1.165, 1.54) is 12.8 Å². The van der Waals surface area contributed by atoms with E-state index >= 15 is 0 Å². The molecule has 1 aromatic rings. The Hall–Kier alpha value is -2.08. The predicted molar refractivity (Wildman–Crippen MR) is 97.0 cm³/mol. The summed E-state index contributed by atoms with van der Waals surface area (Å²) in [5, 5.41) is 5.38. The maximum Gasteiger partial charge on any atom is 0.239 e. The third-order valence-corrected chi connectivity index (χ3v) is 4.49. The van der Waals surface area contributed by atoms with Crippen LogP contribution in [-0.2, 0) is 16.1 Å². The molecule has 0 spiro atoms. The van der Waals surface area contributed by atoms with Gasteiger partial charge in [-0.05, 0) is 37.7 Å². The molecule has 1 aliphatic rings. The normalized spacial score (nSPS) is 15.8.